The van der Waals surface area contributed by atoms with Gasteiger partial charge in [0.2, 0.25) is 5.91 Å². The number of aromatic nitrogens is 2. The van der Waals surface area contributed by atoms with Crippen LogP contribution in [0.4, 0.5) is 0 Å². The van der Waals surface area contributed by atoms with Gasteiger partial charge >= 0.3 is 0 Å². The van der Waals surface area contributed by atoms with Crippen molar-refractivity contribution in [3.8, 4) is 11.4 Å². The van der Waals surface area contributed by atoms with Crippen LogP contribution in [0.3, 0.4) is 0 Å². The van der Waals surface area contributed by atoms with Gasteiger partial charge in [-0.25, -0.2) is 4.98 Å². The third-order valence-corrected chi connectivity index (χ3v) is 4.31. The summed E-state index contributed by atoms with van der Waals surface area (Å²) in [5.41, 5.74) is 1.20. The van der Waals surface area contributed by atoms with Crippen molar-refractivity contribution < 1.29 is 4.79 Å². The van der Waals surface area contributed by atoms with E-state index < -0.39 is 0 Å². The number of benzene rings is 1. The highest BCUT2D eigenvalue weighted by atomic mass is 35.5. The van der Waals surface area contributed by atoms with Crippen LogP contribution in [0.2, 0.25) is 5.02 Å². The normalized spacial score (nSPS) is 10.7. The number of rotatable bonds is 7. The lowest BCUT2D eigenvalue weighted by Gasteiger charge is -2.19. The molecule has 0 aliphatic carbocycles. The van der Waals surface area contributed by atoms with Crippen LogP contribution in [-0.4, -0.2) is 34.0 Å². The summed E-state index contributed by atoms with van der Waals surface area (Å²) in [7, 11) is 1.76. The molecule has 1 aromatic heterocycles. The van der Waals surface area contributed by atoms with Gasteiger partial charge in [-0.3, -0.25) is 14.2 Å². The molecule has 0 unspecified atom stereocenters. The number of nitrogens with zero attached hydrogens (tertiary/aromatic N) is 3. The number of carbonyl (C=O) groups excluding carboxylic acids is 1. The van der Waals surface area contributed by atoms with E-state index >= 15 is 0 Å². The maximum absolute atomic E-state index is 12.6. The Hall–Kier alpha value is -2.14. The van der Waals surface area contributed by atoms with E-state index in [9.17, 15) is 9.59 Å². The van der Waals surface area contributed by atoms with E-state index in [1.807, 2.05) is 19.1 Å². The third kappa shape index (κ3) is 4.92. The molecular weight excluding hydrogens is 338 g/mol. The Morgan fingerprint density at radius 2 is 2.04 bits per heavy atom. The van der Waals surface area contributed by atoms with Crippen molar-refractivity contribution >= 4 is 17.5 Å². The van der Waals surface area contributed by atoms with Crippen molar-refractivity contribution in [2.24, 2.45) is 0 Å². The van der Waals surface area contributed by atoms with Crippen LogP contribution in [0, 0.1) is 0 Å². The van der Waals surface area contributed by atoms with Crippen molar-refractivity contribution in [1.29, 1.82) is 0 Å². The van der Waals surface area contributed by atoms with Gasteiger partial charge in [-0.05, 0) is 25.0 Å². The highest BCUT2D eigenvalue weighted by molar-refractivity contribution is 6.30. The molecule has 1 aromatic carbocycles. The Morgan fingerprint density at radius 1 is 1.28 bits per heavy atom. The first-order valence-corrected chi connectivity index (χ1v) is 8.94. The standard InChI is InChI=1S/C19H24ClN3O2/c1-4-6-10-22(3)18(25)13-23-17(24)12-16(5-2)21-19(23)14-8-7-9-15(20)11-14/h7-9,11-12H,4-6,10,13H2,1-3H3. The SMILES string of the molecule is CCCCN(C)C(=O)Cn1c(-c2cccc(Cl)c2)nc(CC)cc1=O. The Labute approximate surface area is 153 Å². The average molecular weight is 362 g/mol. The molecule has 0 saturated heterocycles. The zero-order chi connectivity index (χ0) is 18.4. The quantitative estimate of drug-likeness (QED) is 0.759. The van der Waals surface area contributed by atoms with E-state index in [-0.39, 0.29) is 18.0 Å². The lowest BCUT2D eigenvalue weighted by atomic mass is 10.2. The molecule has 5 nitrogen and oxygen atoms in total. The minimum Gasteiger partial charge on any atom is -0.344 e. The molecule has 134 valence electrons. The Balaban J connectivity index is 2.43. The third-order valence-electron chi connectivity index (χ3n) is 4.07. The fourth-order valence-corrected chi connectivity index (χ4v) is 2.70. The van der Waals surface area contributed by atoms with Crippen molar-refractivity contribution in [1.82, 2.24) is 14.5 Å². The molecule has 25 heavy (non-hydrogen) atoms. The van der Waals surface area contributed by atoms with E-state index in [0.717, 1.165) is 18.4 Å². The molecular formula is C19H24ClN3O2. The summed E-state index contributed by atoms with van der Waals surface area (Å²) in [6.45, 7) is 4.67. The molecule has 1 heterocycles. The molecule has 0 aliphatic rings. The maximum Gasteiger partial charge on any atom is 0.254 e. The van der Waals surface area contributed by atoms with E-state index in [4.69, 9.17) is 11.6 Å². The number of likely N-dealkylation sites (N-methyl/N-ethyl adjacent to an activating group) is 1. The minimum absolute atomic E-state index is 0.0299. The second kappa shape index (κ2) is 8.81. The van der Waals surface area contributed by atoms with Crippen LogP contribution in [0.15, 0.2) is 35.1 Å². The zero-order valence-electron chi connectivity index (χ0n) is 15.0. The summed E-state index contributed by atoms with van der Waals surface area (Å²) in [4.78, 5) is 31.3. The van der Waals surface area contributed by atoms with Crippen molar-refractivity contribution in [2.45, 2.75) is 39.7 Å². The summed E-state index contributed by atoms with van der Waals surface area (Å²) >= 11 is 6.08. The molecule has 0 atom stereocenters. The molecule has 0 N–H and O–H groups in total. The first-order valence-electron chi connectivity index (χ1n) is 8.56. The topological polar surface area (TPSA) is 55.2 Å². The summed E-state index contributed by atoms with van der Waals surface area (Å²) in [6.07, 6.45) is 2.59. The van der Waals surface area contributed by atoms with Crippen LogP contribution >= 0.6 is 11.6 Å². The van der Waals surface area contributed by atoms with Crippen LogP contribution < -0.4 is 5.56 Å². The fraction of sp³-hybridized carbons (Fsp3) is 0.421. The van der Waals surface area contributed by atoms with Gasteiger partial charge in [0, 0.05) is 35.9 Å². The van der Waals surface area contributed by atoms with Gasteiger partial charge in [-0.1, -0.05) is 44.0 Å². The van der Waals surface area contributed by atoms with Crippen molar-refractivity contribution in [3.05, 3.63) is 51.4 Å². The number of unbranched alkanes of at least 4 members (excludes halogenated alkanes) is 1. The average Bonchev–Trinajstić information content (AvgIpc) is 2.60. The van der Waals surface area contributed by atoms with Crippen molar-refractivity contribution in [2.75, 3.05) is 13.6 Å². The van der Waals surface area contributed by atoms with Gasteiger partial charge in [-0.2, -0.15) is 0 Å². The summed E-state index contributed by atoms with van der Waals surface area (Å²) in [5, 5.41) is 0.562. The first-order chi connectivity index (χ1) is 12.0. The number of hydrogen-bond donors (Lipinski definition) is 0. The van der Waals surface area contributed by atoms with Crippen LogP contribution in [0.25, 0.3) is 11.4 Å². The Kier molecular flexibility index (Phi) is 6.76. The van der Waals surface area contributed by atoms with Gasteiger partial charge < -0.3 is 4.90 Å². The molecule has 0 saturated carbocycles. The molecule has 1 amide bonds. The summed E-state index contributed by atoms with van der Waals surface area (Å²) in [5.74, 6) is 0.369. The molecule has 2 aromatic rings. The fourth-order valence-electron chi connectivity index (χ4n) is 2.51. The molecule has 6 heteroatoms. The van der Waals surface area contributed by atoms with Gasteiger partial charge in [0.05, 0.1) is 0 Å². The van der Waals surface area contributed by atoms with E-state index in [1.165, 1.54) is 10.6 Å². The summed E-state index contributed by atoms with van der Waals surface area (Å²) in [6, 6.07) is 8.66. The second-order valence-corrected chi connectivity index (χ2v) is 6.46. The lowest BCUT2D eigenvalue weighted by Crippen LogP contribution is -2.35. The summed E-state index contributed by atoms with van der Waals surface area (Å²) < 4.78 is 1.43. The van der Waals surface area contributed by atoms with Crippen LogP contribution in [0.5, 0.6) is 0 Å². The highest BCUT2D eigenvalue weighted by Gasteiger charge is 2.16. The number of carbonyl (C=O) groups is 1. The Bertz CT molecular complexity index is 801. The highest BCUT2D eigenvalue weighted by Crippen LogP contribution is 2.20. The van der Waals surface area contributed by atoms with E-state index in [0.29, 0.717) is 29.5 Å². The van der Waals surface area contributed by atoms with Gasteiger partial charge in [0.25, 0.3) is 5.56 Å². The van der Waals surface area contributed by atoms with Crippen molar-refractivity contribution in [3.63, 3.8) is 0 Å². The molecule has 0 aliphatic heterocycles. The van der Waals surface area contributed by atoms with Gasteiger partial charge in [0.15, 0.2) is 0 Å². The molecule has 0 spiro atoms. The Morgan fingerprint density at radius 3 is 2.68 bits per heavy atom. The lowest BCUT2D eigenvalue weighted by molar-refractivity contribution is -0.130. The van der Waals surface area contributed by atoms with Gasteiger partial charge in [0.1, 0.15) is 12.4 Å². The second-order valence-electron chi connectivity index (χ2n) is 6.03. The zero-order valence-corrected chi connectivity index (χ0v) is 15.7. The number of amides is 1. The predicted octanol–water partition coefficient (Wildman–Crippen LogP) is 3.38. The first kappa shape index (κ1) is 19.2. The maximum atomic E-state index is 12.6. The number of halogens is 1. The molecule has 0 radical (unpaired) electrons. The minimum atomic E-state index is -0.223. The van der Waals surface area contributed by atoms with E-state index in [2.05, 4.69) is 11.9 Å². The van der Waals surface area contributed by atoms with Crippen LogP contribution in [-0.2, 0) is 17.8 Å². The number of aryl methyl sites for hydroxylation is 1. The van der Waals surface area contributed by atoms with E-state index in [1.54, 1.807) is 24.1 Å². The molecule has 0 fully saturated rings. The van der Waals surface area contributed by atoms with Crippen LogP contribution in [0.1, 0.15) is 32.4 Å². The number of hydrogen-bond acceptors (Lipinski definition) is 3. The smallest absolute Gasteiger partial charge is 0.254 e. The van der Waals surface area contributed by atoms with Gasteiger partial charge in [-0.15, -0.1) is 0 Å². The molecule has 0 bridgehead atoms. The predicted molar refractivity (Wildman–Crippen MR) is 101 cm³/mol. The largest absolute Gasteiger partial charge is 0.344 e. The molecule has 2 rings (SSSR count). The monoisotopic (exact) mass is 361 g/mol.